The second-order valence-electron chi connectivity index (χ2n) is 4.65. The van der Waals surface area contributed by atoms with Gasteiger partial charge in [-0.2, -0.15) is 0 Å². The van der Waals surface area contributed by atoms with Crippen LogP contribution in [-0.2, 0) is 0 Å². The van der Waals surface area contributed by atoms with Gasteiger partial charge in [-0.1, -0.05) is 72.8 Å². The highest BCUT2D eigenvalue weighted by molar-refractivity contribution is 5.62. The van der Waals surface area contributed by atoms with Crippen molar-refractivity contribution in [3.63, 3.8) is 0 Å². The Kier molecular flexibility index (Phi) is 4.96. The summed E-state index contributed by atoms with van der Waals surface area (Å²) in [5.41, 5.74) is 10.1. The van der Waals surface area contributed by atoms with E-state index in [4.69, 9.17) is 5.73 Å². The number of nitrogen functional groups attached to an aromatic ring is 1. The molecular weight excluding hydrogens is 242 g/mol. The molecule has 0 amide bonds. The summed E-state index contributed by atoms with van der Waals surface area (Å²) < 4.78 is 0. The lowest BCUT2D eigenvalue weighted by Crippen LogP contribution is -1.82. The summed E-state index contributed by atoms with van der Waals surface area (Å²) in [5, 5.41) is 0. The molecule has 0 aliphatic heterocycles. The minimum Gasteiger partial charge on any atom is -0.399 e. The van der Waals surface area contributed by atoms with E-state index in [0.717, 1.165) is 5.69 Å². The van der Waals surface area contributed by atoms with Gasteiger partial charge < -0.3 is 5.73 Å². The van der Waals surface area contributed by atoms with Crippen molar-refractivity contribution in [2.45, 2.75) is 6.92 Å². The first-order valence-electron chi connectivity index (χ1n) is 6.68. The molecule has 0 heterocycles. The van der Waals surface area contributed by atoms with Crippen molar-refractivity contribution in [1.29, 1.82) is 0 Å². The van der Waals surface area contributed by atoms with E-state index in [2.05, 4.69) is 48.5 Å². The van der Waals surface area contributed by atoms with Crippen LogP contribution in [0.2, 0.25) is 0 Å². The number of anilines is 1. The largest absolute Gasteiger partial charge is 0.399 e. The molecule has 0 spiro atoms. The molecule has 1 heteroatoms. The van der Waals surface area contributed by atoms with Crippen molar-refractivity contribution in [2.24, 2.45) is 0 Å². The summed E-state index contributed by atoms with van der Waals surface area (Å²) in [6, 6.07) is 28.6. The highest BCUT2D eigenvalue weighted by Crippen LogP contribution is 2.17. The minimum atomic E-state index is 0.838. The van der Waals surface area contributed by atoms with E-state index in [9.17, 15) is 0 Å². The van der Waals surface area contributed by atoms with Crippen LogP contribution in [-0.4, -0.2) is 0 Å². The van der Waals surface area contributed by atoms with Crippen LogP contribution < -0.4 is 5.73 Å². The summed E-state index contributed by atoms with van der Waals surface area (Å²) in [6.45, 7) is 2.02. The molecule has 0 saturated carbocycles. The van der Waals surface area contributed by atoms with E-state index < -0.39 is 0 Å². The SMILES string of the molecule is Cc1cccc(N)c1.c1ccc(-c2ccccc2)cc1. The number of hydrogen-bond donors (Lipinski definition) is 1. The number of benzene rings is 3. The third-order valence-electron chi connectivity index (χ3n) is 2.92. The molecule has 100 valence electrons. The standard InChI is InChI=1S/C12H10.C7H9N/c1-3-7-11(8-4-1)12-9-5-2-6-10-12;1-6-3-2-4-7(8)5-6/h1-10H;2-5H,8H2,1H3. The second-order valence-corrected chi connectivity index (χ2v) is 4.65. The molecule has 1 nitrogen and oxygen atoms in total. The lowest BCUT2D eigenvalue weighted by atomic mass is 10.1. The van der Waals surface area contributed by atoms with Crippen LogP contribution in [0, 0.1) is 6.92 Å². The van der Waals surface area contributed by atoms with Crippen LogP contribution in [0.25, 0.3) is 11.1 Å². The van der Waals surface area contributed by atoms with Gasteiger partial charge in [-0.3, -0.25) is 0 Å². The zero-order chi connectivity index (χ0) is 14.2. The lowest BCUT2D eigenvalue weighted by molar-refractivity contribution is 1.47. The Morgan fingerprint density at radius 1 is 0.600 bits per heavy atom. The molecule has 0 fully saturated rings. The fourth-order valence-electron chi connectivity index (χ4n) is 1.93. The number of hydrogen-bond acceptors (Lipinski definition) is 1. The molecule has 3 aromatic carbocycles. The van der Waals surface area contributed by atoms with Gasteiger partial charge in [-0.25, -0.2) is 0 Å². The monoisotopic (exact) mass is 261 g/mol. The third-order valence-corrected chi connectivity index (χ3v) is 2.92. The Hall–Kier alpha value is -2.54. The van der Waals surface area contributed by atoms with Gasteiger partial charge in [0.2, 0.25) is 0 Å². The molecule has 3 aromatic rings. The molecule has 3 rings (SSSR count). The normalized spacial score (nSPS) is 9.45. The molecule has 20 heavy (non-hydrogen) atoms. The van der Waals surface area contributed by atoms with Crippen molar-refractivity contribution in [3.05, 3.63) is 90.5 Å². The van der Waals surface area contributed by atoms with Crippen LogP contribution in [0.4, 0.5) is 5.69 Å². The smallest absolute Gasteiger partial charge is 0.0316 e. The van der Waals surface area contributed by atoms with Gasteiger partial charge >= 0.3 is 0 Å². The van der Waals surface area contributed by atoms with Crippen LogP contribution in [0.15, 0.2) is 84.9 Å². The number of nitrogens with two attached hydrogens (primary N) is 1. The maximum absolute atomic E-state index is 5.46. The Morgan fingerprint density at radius 3 is 1.45 bits per heavy atom. The van der Waals surface area contributed by atoms with Crippen LogP contribution >= 0.6 is 0 Å². The van der Waals surface area contributed by atoms with E-state index in [1.807, 2.05) is 43.3 Å². The minimum absolute atomic E-state index is 0.838. The average molecular weight is 261 g/mol. The van der Waals surface area contributed by atoms with E-state index in [1.54, 1.807) is 0 Å². The van der Waals surface area contributed by atoms with Crippen molar-refractivity contribution in [3.8, 4) is 11.1 Å². The zero-order valence-corrected chi connectivity index (χ0v) is 11.7. The van der Waals surface area contributed by atoms with Crippen molar-refractivity contribution >= 4 is 5.69 Å². The summed E-state index contributed by atoms with van der Waals surface area (Å²) in [4.78, 5) is 0. The Labute approximate surface area is 120 Å². The van der Waals surface area contributed by atoms with Crippen LogP contribution in [0.1, 0.15) is 5.56 Å². The predicted molar refractivity (Wildman–Crippen MR) is 87.5 cm³/mol. The highest BCUT2D eigenvalue weighted by Gasteiger charge is 1.91. The summed E-state index contributed by atoms with van der Waals surface area (Å²) in [6.07, 6.45) is 0. The van der Waals surface area contributed by atoms with Gasteiger partial charge in [0, 0.05) is 5.69 Å². The molecule has 0 aromatic heterocycles. The molecule has 0 unspecified atom stereocenters. The van der Waals surface area contributed by atoms with E-state index in [-0.39, 0.29) is 0 Å². The topological polar surface area (TPSA) is 26.0 Å². The van der Waals surface area contributed by atoms with Gasteiger partial charge in [-0.15, -0.1) is 0 Å². The first-order chi connectivity index (χ1) is 9.75. The molecule has 2 N–H and O–H groups in total. The number of rotatable bonds is 1. The Bertz CT molecular complexity index is 575. The fourth-order valence-corrected chi connectivity index (χ4v) is 1.93. The molecule has 0 aliphatic carbocycles. The quantitative estimate of drug-likeness (QED) is 0.617. The molecule has 0 radical (unpaired) electrons. The maximum Gasteiger partial charge on any atom is 0.0316 e. The molecule has 0 atom stereocenters. The first kappa shape index (κ1) is 13.9. The van der Waals surface area contributed by atoms with Crippen LogP contribution in [0.3, 0.4) is 0 Å². The lowest BCUT2D eigenvalue weighted by Gasteiger charge is -1.98. The zero-order valence-electron chi connectivity index (χ0n) is 11.7. The van der Waals surface area contributed by atoms with Crippen molar-refractivity contribution in [1.82, 2.24) is 0 Å². The van der Waals surface area contributed by atoms with Crippen molar-refractivity contribution < 1.29 is 0 Å². The fraction of sp³-hybridized carbons (Fsp3) is 0.0526. The highest BCUT2D eigenvalue weighted by atomic mass is 14.5. The Balaban J connectivity index is 0.000000160. The van der Waals surface area contributed by atoms with Crippen LogP contribution in [0.5, 0.6) is 0 Å². The van der Waals surface area contributed by atoms with E-state index in [1.165, 1.54) is 16.7 Å². The second kappa shape index (κ2) is 7.15. The van der Waals surface area contributed by atoms with Gasteiger partial charge in [0.15, 0.2) is 0 Å². The predicted octanol–water partition coefficient (Wildman–Crippen LogP) is 4.93. The maximum atomic E-state index is 5.46. The number of aryl methyl sites for hydroxylation is 1. The Morgan fingerprint density at radius 2 is 1.10 bits per heavy atom. The van der Waals surface area contributed by atoms with E-state index in [0.29, 0.717) is 0 Å². The van der Waals surface area contributed by atoms with Gasteiger partial charge in [0.25, 0.3) is 0 Å². The van der Waals surface area contributed by atoms with Gasteiger partial charge in [0.05, 0.1) is 0 Å². The molecule has 0 bridgehead atoms. The summed E-state index contributed by atoms with van der Waals surface area (Å²) in [5.74, 6) is 0. The van der Waals surface area contributed by atoms with Gasteiger partial charge in [-0.05, 0) is 35.7 Å². The summed E-state index contributed by atoms with van der Waals surface area (Å²) in [7, 11) is 0. The van der Waals surface area contributed by atoms with Crippen molar-refractivity contribution in [2.75, 3.05) is 5.73 Å². The van der Waals surface area contributed by atoms with E-state index >= 15 is 0 Å². The third kappa shape index (κ3) is 4.29. The van der Waals surface area contributed by atoms with Gasteiger partial charge in [0.1, 0.15) is 0 Å². The molecule has 0 aliphatic rings. The average Bonchev–Trinajstić information content (AvgIpc) is 2.49. The summed E-state index contributed by atoms with van der Waals surface area (Å²) >= 11 is 0. The molecular formula is C19H19N. The first-order valence-corrected chi connectivity index (χ1v) is 6.68. The molecule has 0 saturated heterocycles.